The molecule has 1 aromatic rings. The van der Waals surface area contributed by atoms with Crippen LogP contribution < -0.4 is 10.6 Å². The highest BCUT2D eigenvalue weighted by Crippen LogP contribution is 2.03. The van der Waals surface area contributed by atoms with Crippen LogP contribution in [0.3, 0.4) is 0 Å². The standard InChI is InChI=1S/C15H24N2O2/c1-12-6-4-7-14(10-12)11-17-13(2)15(18)16-8-5-9-19-3/h4,6-7,10,13,17H,5,8-9,11H2,1-3H3,(H,16,18). The number of hydrogen-bond donors (Lipinski definition) is 2. The monoisotopic (exact) mass is 264 g/mol. The molecule has 0 aliphatic carbocycles. The Balaban J connectivity index is 2.26. The van der Waals surface area contributed by atoms with E-state index >= 15 is 0 Å². The van der Waals surface area contributed by atoms with E-state index in [2.05, 4.69) is 35.8 Å². The summed E-state index contributed by atoms with van der Waals surface area (Å²) in [6, 6.07) is 8.08. The molecular formula is C15H24N2O2. The highest BCUT2D eigenvalue weighted by Gasteiger charge is 2.10. The molecule has 0 radical (unpaired) electrons. The molecule has 0 saturated heterocycles. The Hall–Kier alpha value is -1.39. The van der Waals surface area contributed by atoms with Gasteiger partial charge in [-0.1, -0.05) is 29.8 Å². The van der Waals surface area contributed by atoms with Crippen molar-refractivity contribution in [1.29, 1.82) is 0 Å². The van der Waals surface area contributed by atoms with Gasteiger partial charge in [0, 0.05) is 26.8 Å². The summed E-state index contributed by atoms with van der Waals surface area (Å²) in [5, 5.41) is 6.11. The van der Waals surface area contributed by atoms with Gasteiger partial charge in [0.05, 0.1) is 6.04 Å². The van der Waals surface area contributed by atoms with E-state index in [1.165, 1.54) is 11.1 Å². The van der Waals surface area contributed by atoms with Crippen LogP contribution in [0.5, 0.6) is 0 Å². The van der Waals surface area contributed by atoms with Crippen LogP contribution in [0.15, 0.2) is 24.3 Å². The van der Waals surface area contributed by atoms with Crippen molar-refractivity contribution in [2.45, 2.75) is 32.9 Å². The third-order valence-electron chi connectivity index (χ3n) is 2.91. The molecule has 0 fully saturated rings. The third kappa shape index (κ3) is 6.36. The molecule has 106 valence electrons. The average Bonchev–Trinajstić information content (AvgIpc) is 2.41. The van der Waals surface area contributed by atoms with Crippen LogP contribution >= 0.6 is 0 Å². The molecule has 0 bridgehead atoms. The lowest BCUT2D eigenvalue weighted by molar-refractivity contribution is -0.122. The summed E-state index contributed by atoms with van der Waals surface area (Å²) in [6.45, 7) is 5.97. The molecule has 0 saturated carbocycles. The molecule has 0 aromatic heterocycles. The predicted octanol–water partition coefficient (Wildman–Crippen LogP) is 1.63. The Morgan fingerprint density at radius 2 is 2.21 bits per heavy atom. The molecule has 1 unspecified atom stereocenters. The van der Waals surface area contributed by atoms with Gasteiger partial charge in [-0.15, -0.1) is 0 Å². The van der Waals surface area contributed by atoms with Crippen LogP contribution in [-0.4, -0.2) is 32.2 Å². The highest BCUT2D eigenvalue weighted by molar-refractivity contribution is 5.81. The largest absolute Gasteiger partial charge is 0.385 e. The summed E-state index contributed by atoms with van der Waals surface area (Å²) >= 11 is 0. The first-order chi connectivity index (χ1) is 9.13. The van der Waals surface area contributed by atoms with Crippen LogP contribution in [0, 0.1) is 6.92 Å². The first-order valence-electron chi connectivity index (χ1n) is 6.69. The Morgan fingerprint density at radius 1 is 1.42 bits per heavy atom. The predicted molar refractivity (Wildman–Crippen MR) is 77.0 cm³/mol. The van der Waals surface area contributed by atoms with Gasteiger partial charge in [0.25, 0.3) is 0 Å². The van der Waals surface area contributed by atoms with Crippen LogP contribution in [0.2, 0.25) is 0 Å². The van der Waals surface area contributed by atoms with Crippen LogP contribution in [0.1, 0.15) is 24.5 Å². The molecule has 2 N–H and O–H groups in total. The molecule has 1 amide bonds. The van der Waals surface area contributed by atoms with Crippen molar-refractivity contribution >= 4 is 5.91 Å². The Morgan fingerprint density at radius 3 is 2.89 bits per heavy atom. The van der Waals surface area contributed by atoms with Crippen molar-refractivity contribution < 1.29 is 9.53 Å². The number of ether oxygens (including phenoxy) is 1. The Kier molecular flexibility index (Phi) is 7.15. The van der Waals surface area contributed by atoms with Gasteiger partial charge < -0.3 is 15.4 Å². The molecule has 1 rings (SSSR count). The fourth-order valence-corrected chi connectivity index (χ4v) is 1.77. The molecule has 4 heteroatoms. The van der Waals surface area contributed by atoms with E-state index in [9.17, 15) is 4.79 Å². The second kappa shape index (κ2) is 8.67. The quantitative estimate of drug-likeness (QED) is 0.702. The van der Waals surface area contributed by atoms with E-state index in [4.69, 9.17) is 4.74 Å². The van der Waals surface area contributed by atoms with Crippen molar-refractivity contribution in [2.75, 3.05) is 20.3 Å². The molecule has 1 atom stereocenters. The number of aryl methyl sites for hydroxylation is 1. The summed E-state index contributed by atoms with van der Waals surface area (Å²) in [4.78, 5) is 11.8. The molecule has 0 heterocycles. The molecule has 0 aliphatic rings. The number of carbonyl (C=O) groups is 1. The zero-order valence-corrected chi connectivity index (χ0v) is 12.0. The van der Waals surface area contributed by atoms with Crippen molar-refractivity contribution in [3.05, 3.63) is 35.4 Å². The fourth-order valence-electron chi connectivity index (χ4n) is 1.77. The number of hydrogen-bond acceptors (Lipinski definition) is 3. The van der Waals surface area contributed by atoms with Crippen molar-refractivity contribution in [1.82, 2.24) is 10.6 Å². The Labute approximate surface area is 115 Å². The van der Waals surface area contributed by atoms with Crippen LogP contribution in [0.4, 0.5) is 0 Å². The van der Waals surface area contributed by atoms with Gasteiger partial charge in [-0.05, 0) is 25.8 Å². The lowest BCUT2D eigenvalue weighted by Crippen LogP contribution is -2.42. The zero-order chi connectivity index (χ0) is 14.1. The number of methoxy groups -OCH3 is 1. The number of carbonyl (C=O) groups excluding carboxylic acids is 1. The highest BCUT2D eigenvalue weighted by atomic mass is 16.5. The number of rotatable bonds is 8. The maximum Gasteiger partial charge on any atom is 0.236 e. The summed E-state index contributed by atoms with van der Waals surface area (Å²) in [7, 11) is 1.66. The third-order valence-corrected chi connectivity index (χ3v) is 2.91. The van der Waals surface area contributed by atoms with Gasteiger partial charge in [0.1, 0.15) is 0 Å². The maximum atomic E-state index is 11.8. The lowest BCUT2D eigenvalue weighted by atomic mass is 10.1. The maximum absolute atomic E-state index is 11.8. The van der Waals surface area contributed by atoms with Crippen LogP contribution in [0.25, 0.3) is 0 Å². The van der Waals surface area contributed by atoms with E-state index in [-0.39, 0.29) is 11.9 Å². The molecule has 0 spiro atoms. The van der Waals surface area contributed by atoms with E-state index in [0.717, 1.165) is 6.42 Å². The normalized spacial score (nSPS) is 12.2. The van der Waals surface area contributed by atoms with Crippen molar-refractivity contribution in [2.24, 2.45) is 0 Å². The summed E-state index contributed by atoms with van der Waals surface area (Å²) in [6.07, 6.45) is 0.840. The van der Waals surface area contributed by atoms with Gasteiger partial charge >= 0.3 is 0 Å². The molecule has 19 heavy (non-hydrogen) atoms. The number of benzene rings is 1. The minimum Gasteiger partial charge on any atom is -0.385 e. The second-order valence-corrected chi connectivity index (χ2v) is 4.73. The zero-order valence-electron chi connectivity index (χ0n) is 12.0. The van der Waals surface area contributed by atoms with Crippen molar-refractivity contribution in [3.63, 3.8) is 0 Å². The summed E-state index contributed by atoms with van der Waals surface area (Å²) < 4.78 is 4.93. The first-order valence-corrected chi connectivity index (χ1v) is 6.69. The molecule has 0 aliphatic heterocycles. The SMILES string of the molecule is COCCCNC(=O)C(C)NCc1cccc(C)c1. The summed E-state index contributed by atoms with van der Waals surface area (Å²) in [5.41, 5.74) is 2.43. The second-order valence-electron chi connectivity index (χ2n) is 4.73. The van der Waals surface area contributed by atoms with Crippen molar-refractivity contribution in [3.8, 4) is 0 Å². The smallest absolute Gasteiger partial charge is 0.236 e. The average molecular weight is 264 g/mol. The topological polar surface area (TPSA) is 50.4 Å². The first kappa shape index (κ1) is 15.7. The number of nitrogens with one attached hydrogen (secondary N) is 2. The van der Waals surface area contributed by atoms with Crippen LogP contribution in [-0.2, 0) is 16.1 Å². The molecule has 4 nitrogen and oxygen atoms in total. The van der Waals surface area contributed by atoms with E-state index in [0.29, 0.717) is 19.7 Å². The van der Waals surface area contributed by atoms with E-state index in [1.54, 1.807) is 7.11 Å². The fraction of sp³-hybridized carbons (Fsp3) is 0.533. The minimum absolute atomic E-state index is 0.0313. The van der Waals surface area contributed by atoms with Gasteiger partial charge in [-0.2, -0.15) is 0 Å². The lowest BCUT2D eigenvalue weighted by Gasteiger charge is -2.14. The minimum atomic E-state index is -0.192. The van der Waals surface area contributed by atoms with E-state index < -0.39 is 0 Å². The van der Waals surface area contributed by atoms with E-state index in [1.807, 2.05) is 13.0 Å². The van der Waals surface area contributed by atoms with Gasteiger partial charge in [-0.25, -0.2) is 0 Å². The summed E-state index contributed by atoms with van der Waals surface area (Å²) in [5.74, 6) is 0.0313. The van der Waals surface area contributed by atoms with Gasteiger partial charge in [0.2, 0.25) is 5.91 Å². The molecular weight excluding hydrogens is 240 g/mol. The van der Waals surface area contributed by atoms with Gasteiger partial charge in [0.15, 0.2) is 0 Å². The number of amides is 1. The molecule has 1 aromatic carbocycles. The van der Waals surface area contributed by atoms with Gasteiger partial charge in [-0.3, -0.25) is 4.79 Å². The Bertz CT molecular complexity index is 393.